The molecule has 0 saturated heterocycles. The highest BCUT2D eigenvalue weighted by Crippen LogP contribution is 2.26. The van der Waals surface area contributed by atoms with Crippen molar-refractivity contribution in [2.24, 2.45) is 0 Å². The van der Waals surface area contributed by atoms with Gasteiger partial charge < -0.3 is 4.42 Å². The Hall–Kier alpha value is -3.22. The molecule has 0 saturated carbocycles. The highest BCUT2D eigenvalue weighted by Gasteiger charge is 2.12. The summed E-state index contributed by atoms with van der Waals surface area (Å²) in [7, 11) is -4.15. The molecule has 4 aromatic rings. The minimum Gasteiger partial charge on any atom is -0.441 e. The van der Waals surface area contributed by atoms with Crippen molar-refractivity contribution in [1.82, 2.24) is 4.98 Å². The van der Waals surface area contributed by atoms with Crippen LogP contribution in [0.15, 0.2) is 88.2 Å². The Labute approximate surface area is 182 Å². The summed E-state index contributed by atoms with van der Waals surface area (Å²) in [5, 5.41) is 0. The van der Waals surface area contributed by atoms with E-state index in [1.165, 1.54) is 17.7 Å². The normalized spacial score (nSPS) is 11.5. The molecule has 0 aliphatic rings. The SMILES string of the molecule is Cc1oc(-c2ccc(-c3ccccc3)cc2)nc1CCCc1ccc(S(=O)(=O)O)cc1. The molecule has 0 atom stereocenters. The van der Waals surface area contributed by atoms with Crippen LogP contribution in [0.4, 0.5) is 0 Å². The lowest BCUT2D eigenvalue weighted by atomic mass is 10.0. The number of aromatic nitrogens is 1. The van der Waals surface area contributed by atoms with Crippen molar-refractivity contribution in [3.05, 3.63) is 95.9 Å². The van der Waals surface area contributed by atoms with E-state index in [0.717, 1.165) is 47.4 Å². The van der Waals surface area contributed by atoms with Crippen molar-refractivity contribution in [2.45, 2.75) is 31.1 Å². The first-order valence-corrected chi connectivity index (χ1v) is 11.5. The smallest absolute Gasteiger partial charge is 0.294 e. The lowest BCUT2D eigenvalue weighted by molar-refractivity contribution is 0.483. The fraction of sp³-hybridized carbons (Fsp3) is 0.160. The van der Waals surface area contributed by atoms with Gasteiger partial charge in [-0.1, -0.05) is 54.6 Å². The molecule has 31 heavy (non-hydrogen) atoms. The van der Waals surface area contributed by atoms with Crippen molar-refractivity contribution < 1.29 is 17.4 Å². The third-order valence-electron chi connectivity index (χ3n) is 5.23. The van der Waals surface area contributed by atoms with Crippen molar-refractivity contribution in [3.63, 3.8) is 0 Å². The lowest BCUT2D eigenvalue weighted by Crippen LogP contribution is -1.98. The van der Waals surface area contributed by atoms with E-state index in [0.29, 0.717) is 5.89 Å². The third kappa shape index (κ3) is 5.10. The Morgan fingerprint density at radius 1 is 0.806 bits per heavy atom. The summed E-state index contributed by atoms with van der Waals surface area (Å²) in [5.41, 5.74) is 5.19. The average Bonchev–Trinajstić information content (AvgIpc) is 3.15. The van der Waals surface area contributed by atoms with E-state index in [9.17, 15) is 8.42 Å². The number of hydrogen-bond acceptors (Lipinski definition) is 4. The number of aryl methyl sites for hydroxylation is 3. The van der Waals surface area contributed by atoms with Gasteiger partial charge in [-0.2, -0.15) is 8.42 Å². The van der Waals surface area contributed by atoms with Crippen LogP contribution in [0.1, 0.15) is 23.4 Å². The Kier molecular flexibility index (Phi) is 6.02. The van der Waals surface area contributed by atoms with Gasteiger partial charge >= 0.3 is 0 Å². The predicted octanol–water partition coefficient (Wildman–Crippen LogP) is 5.74. The fourth-order valence-electron chi connectivity index (χ4n) is 3.51. The average molecular weight is 434 g/mol. The fourth-order valence-corrected chi connectivity index (χ4v) is 3.99. The maximum absolute atomic E-state index is 11.1. The van der Waals surface area contributed by atoms with Gasteiger partial charge in [-0.15, -0.1) is 0 Å². The van der Waals surface area contributed by atoms with Crippen molar-refractivity contribution in [1.29, 1.82) is 0 Å². The predicted molar refractivity (Wildman–Crippen MR) is 120 cm³/mol. The minimum absolute atomic E-state index is 0.0912. The zero-order valence-corrected chi connectivity index (χ0v) is 18.0. The van der Waals surface area contributed by atoms with E-state index in [1.54, 1.807) is 12.1 Å². The molecule has 5 nitrogen and oxygen atoms in total. The van der Waals surface area contributed by atoms with Gasteiger partial charge in [-0.3, -0.25) is 4.55 Å². The van der Waals surface area contributed by atoms with Crippen LogP contribution >= 0.6 is 0 Å². The van der Waals surface area contributed by atoms with Crippen LogP contribution < -0.4 is 0 Å². The summed E-state index contributed by atoms with van der Waals surface area (Å²) >= 11 is 0. The quantitative estimate of drug-likeness (QED) is 0.376. The highest BCUT2D eigenvalue weighted by atomic mass is 32.2. The molecule has 3 aromatic carbocycles. The highest BCUT2D eigenvalue weighted by molar-refractivity contribution is 7.85. The standard InChI is InChI=1S/C25H23NO4S/c1-18-24(9-5-6-19-10-16-23(17-11-19)31(27,28)29)26-25(30-18)22-14-12-21(13-15-22)20-7-3-2-4-8-20/h2-4,7-8,10-17H,5-6,9H2,1H3,(H,27,28,29). The molecular weight excluding hydrogens is 410 g/mol. The van der Waals surface area contributed by atoms with Crippen LogP contribution in [0, 0.1) is 6.92 Å². The largest absolute Gasteiger partial charge is 0.441 e. The second kappa shape index (κ2) is 8.88. The van der Waals surface area contributed by atoms with Crippen LogP contribution in [-0.2, 0) is 23.0 Å². The monoisotopic (exact) mass is 433 g/mol. The minimum atomic E-state index is -4.15. The van der Waals surface area contributed by atoms with Crippen LogP contribution in [0.2, 0.25) is 0 Å². The summed E-state index contributed by atoms with van der Waals surface area (Å²) in [5.74, 6) is 1.42. The third-order valence-corrected chi connectivity index (χ3v) is 6.10. The molecule has 1 aromatic heterocycles. The van der Waals surface area contributed by atoms with Crippen molar-refractivity contribution in [2.75, 3.05) is 0 Å². The maximum atomic E-state index is 11.1. The number of rotatable bonds is 7. The molecule has 1 N–H and O–H groups in total. The maximum Gasteiger partial charge on any atom is 0.294 e. The molecule has 0 amide bonds. The van der Waals surface area contributed by atoms with Gasteiger partial charge in [0.15, 0.2) is 0 Å². The second-order valence-corrected chi connectivity index (χ2v) is 8.86. The van der Waals surface area contributed by atoms with E-state index in [2.05, 4.69) is 29.2 Å². The van der Waals surface area contributed by atoms with Crippen LogP contribution in [-0.4, -0.2) is 18.0 Å². The van der Waals surface area contributed by atoms with E-state index in [4.69, 9.17) is 8.97 Å². The van der Waals surface area contributed by atoms with Crippen LogP contribution in [0.25, 0.3) is 22.6 Å². The van der Waals surface area contributed by atoms with Crippen LogP contribution in [0.5, 0.6) is 0 Å². The van der Waals surface area contributed by atoms with Gasteiger partial charge in [0.25, 0.3) is 10.1 Å². The molecule has 1 heterocycles. The molecule has 6 heteroatoms. The zero-order chi connectivity index (χ0) is 21.8. The molecule has 0 bridgehead atoms. The van der Waals surface area contributed by atoms with E-state index in [-0.39, 0.29) is 4.90 Å². The number of benzene rings is 3. The van der Waals surface area contributed by atoms with Gasteiger partial charge in [-0.05, 0) is 67.1 Å². The summed E-state index contributed by atoms with van der Waals surface area (Å²) in [4.78, 5) is 4.59. The van der Waals surface area contributed by atoms with Gasteiger partial charge in [0.05, 0.1) is 10.6 Å². The molecule has 0 unspecified atom stereocenters. The Balaban J connectivity index is 1.40. The Morgan fingerprint density at radius 3 is 2.06 bits per heavy atom. The molecular formula is C25H23NO4S. The van der Waals surface area contributed by atoms with E-state index in [1.807, 2.05) is 37.3 Å². The second-order valence-electron chi connectivity index (χ2n) is 7.44. The molecule has 0 radical (unpaired) electrons. The molecule has 158 valence electrons. The lowest BCUT2D eigenvalue weighted by Gasteiger charge is -2.02. The van der Waals surface area contributed by atoms with Gasteiger partial charge in [0, 0.05) is 5.56 Å². The first kappa shape index (κ1) is 21.0. The summed E-state index contributed by atoms with van der Waals surface area (Å²) < 4.78 is 37.2. The molecule has 0 aliphatic heterocycles. The van der Waals surface area contributed by atoms with Crippen LogP contribution in [0.3, 0.4) is 0 Å². The first-order chi connectivity index (χ1) is 14.9. The van der Waals surface area contributed by atoms with Crippen molar-refractivity contribution >= 4 is 10.1 Å². The first-order valence-electron chi connectivity index (χ1n) is 10.1. The Bertz CT molecular complexity index is 1260. The van der Waals surface area contributed by atoms with Gasteiger partial charge in [0.1, 0.15) is 5.76 Å². The zero-order valence-electron chi connectivity index (χ0n) is 17.2. The number of hydrogen-bond donors (Lipinski definition) is 1. The topological polar surface area (TPSA) is 80.4 Å². The number of oxazole rings is 1. The summed E-state index contributed by atoms with van der Waals surface area (Å²) in [6.45, 7) is 1.92. The summed E-state index contributed by atoms with van der Waals surface area (Å²) in [6, 6.07) is 24.7. The molecule has 0 aliphatic carbocycles. The van der Waals surface area contributed by atoms with Gasteiger partial charge in [0.2, 0.25) is 5.89 Å². The summed E-state index contributed by atoms with van der Waals surface area (Å²) in [6.07, 6.45) is 2.39. The molecule has 0 fully saturated rings. The van der Waals surface area contributed by atoms with E-state index >= 15 is 0 Å². The number of nitrogens with zero attached hydrogens (tertiary/aromatic N) is 1. The van der Waals surface area contributed by atoms with Crippen molar-refractivity contribution in [3.8, 4) is 22.6 Å². The van der Waals surface area contributed by atoms with E-state index < -0.39 is 10.1 Å². The Morgan fingerprint density at radius 2 is 1.42 bits per heavy atom. The molecule has 0 spiro atoms. The molecule has 4 rings (SSSR count). The van der Waals surface area contributed by atoms with Gasteiger partial charge in [-0.25, -0.2) is 4.98 Å².